The van der Waals surface area contributed by atoms with Crippen LogP contribution in [0.5, 0.6) is 11.5 Å². The van der Waals surface area contributed by atoms with Gasteiger partial charge in [0.15, 0.2) is 17.2 Å². The van der Waals surface area contributed by atoms with Crippen LogP contribution in [-0.4, -0.2) is 40.6 Å². The lowest BCUT2D eigenvalue weighted by Crippen LogP contribution is -2.35. The fraction of sp³-hybridized carbons (Fsp3) is 0.375. The molecule has 1 amide bonds. The maximum absolute atomic E-state index is 12.3. The van der Waals surface area contributed by atoms with Crippen LogP contribution in [0.25, 0.3) is 0 Å². The number of aromatic nitrogens is 1. The second kappa shape index (κ2) is 6.69. The second-order valence-corrected chi connectivity index (χ2v) is 5.49. The molecule has 0 aliphatic carbocycles. The predicted octanol–water partition coefficient (Wildman–Crippen LogP) is 1.01. The second-order valence-electron chi connectivity index (χ2n) is 5.49. The fourth-order valence-electron chi connectivity index (χ4n) is 2.01. The number of rotatable bonds is 6. The van der Waals surface area contributed by atoms with Gasteiger partial charge < -0.3 is 20.1 Å². The molecule has 8 nitrogen and oxygen atoms in total. The maximum Gasteiger partial charge on any atom is 0.276 e. The molecule has 1 heterocycles. The molecule has 128 valence electrons. The zero-order valence-electron chi connectivity index (χ0n) is 13.9. The van der Waals surface area contributed by atoms with Crippen molar-refractivity contribution < 1.29 is 14.6 Å². The third-order valence-electron chi connectivity index (χ3n) is 3.64. The first-order valence-electron chi connectivity index (χ1n) is 7.47. The van der Waals surface area contributed by atoms with Gasteiger partial charge in [-0.3, -0.25) is 14.4 Å². The molecule has 0 aliphatic heterocycles. The number of amides is 1. The highest BCUT2D eigenvalue weighted by molar-refractivity contribution is 5.97. The van der Waals surface area contributed by atoms with Gasteiger partial charge in [0.25, 0.3) is 16.8 Å². The molecule has 2 aromatic rings. The fourth-order valence-corrected chi connectivity index (χ4v) is 2.01. The molecule has 1 aromatic heterocycles. The van der Waals surface area contributed by atoms with Crippen LogP contribution in [-0.2, 0) is 0 Å². The van der Waals surface area contributed by atoms with Gasteiger partial charge in [-0.05, 0) is 26.8 Å². The van der Waals surface area contributed by atoms with Crippen molar-refractivity contribution in [1.82, 2.24) is 9.88 Å². The van der Waals surface area contributed by atoms with Gasteiger partial charge in [-0.2, -0.15) is 0 Å². The Morgan fingerprint density at radius 2 is 2.04 bits per heavy atom. The van der Waals surface area contributed by atoms with E-state index in [9.17, 15) is 19.5 Å². The first kappa shape index (κ1) is 17.5. The minimum atomic E-state index is -0.734. The lowest BCUT2D eigenvalue weighted by atomic mass is 10.2. The molecular weight excluding hydrogens is 314 g/mol. The highest BCUT2D eigenvalue weighted by Crippen LogP contribution is 2.31. The smallest absolute Gasteiger partial charge is 0.276 e. The van der Waals surface area contributed by atoms with E-state index in [0.29, 0.717) is 0 Å². The number of hydrogen-bond donors (Lipinski definition) is 2. The van der Waals surface area contributed by atoms with E-state index in [1.54, 1.807) is 14.0 Å². The van der Waals surface area contributed by atoms with Crippen molar-refractivity contribution in [3.05, 3.63) is 38.4 Å². The topological polar surface area (TPSA) is 109 Å². The van der Waals surface area contributed by atoms with Gasteiger partial charge in [0.2, 0.25) is 0 Å². The van der Waals surface area contributed by atoms with Gasteiger partial charge in [0.1, 0.15) is 5.69 Å². The largest absolute Gasteiger partial charge is 0.504 e. The van der Waals surface area contributed by atoms with Crippen molar-refractivity contribution in [3.63, 3.8) is 0 Å². The molecule has 0 spiro atoms. The van der Waals surface area contributed by atoms with E-state index in [2.05, 4.69) is 10.3 Å². The number of ether oxygens (including phenoxy) is 1. The zero-order chi connectivity index (χ0) is 18.0. The summed E-state index contributed by atoms with van der Waals surface area (Å²) in [6.45, 7) is 5.57. The van der Waals surface area contributed by atoms with E-state index in [-0.39, 0.29) is 35.5 Å². The summed E-state index contributed by atoms with van der Waals surface area (Å²) in [5.74, 6) is -0.933. The number of nitrogens with one attached hydrogen (secondary N) is 1. The van der Waals surface area contributed by atoms with Crippen molar-refractivity contribution in [2.24, 2.45) is 0 Å². The van der Waals surface area contributed by atoms with Crippen LogP contribution in [0.2, 0.25) is 0 Å². The van der Waals surface area contributed by atoms with Gasteiger partial charge in [0.05, 0.1) is 12.3 Å². The molecule has 0 bridgehead atoms. The van der Waals surface area contributed by atoms with Gasteiger partial charge in [-0.25, -0.2) is 4.98 Å². The monoisotopic (exact) mass is 333 g/mol. The number of hydrogen-bond acceptors (Lipinski definition) is 7. The molecule has 0 saturated heterocycles. The predicted molar refractivity (Wildman–Crippen MR) is 88.9 cm³/mol. The molecule has 0 atom stereocenters. The summed E-state index contributed by atoms with van der Waals surface area (Å²) in [5, 5.41) is 12.9. The van der Waals surface area contributed by atoms with E-state index in [1.807, 2.05) is 13.8 Å². The number of nitrogens with zero attached hydrogens (tertiary/aromatic N) is 2. The van der Waals surface area contributed by atoms with E-state index in [1.165, 1.54) is 17.2 Å². The van der Waals surface area contributed by atoms with Crippen molar-refractivity contribution >= 4 is 17.3 Å². The number of carbonyl (C=O) groups excluding carboxylic acids is 1. The minimum Gasteiger partial charge on any atom is -0.504 e. The van der Waals surface area contributed by atoms with E-state index in [0.717, 1.165) is 0 Å². The van der Waals surface area contributed by atoms with Crippen LogP contribution in [0, 0.1) is 0 Å². The minimum absolute atomic E-state index is 0.0426. The summed E-state index contributed by atoms with van der Waals surface area (Å²) >= 11 is 0. The molecule has 0 fully saturated rings. The SMILES string of the molecule is CCOc1c(Nc2ccnc(C(=O)N(C)C(C)C)c2O)c(=O)c1=O. The van der Waals surface area contributed by atoms with Gasteiger partial charge in [0, 0.05) is 19.3 Å². The van der Waals surface area contributed by atoms with Crippen molar-refractivity contribution in [2.45, 2.75) is 26.8 Å². The summed E-state index contributed by atoms with van der Waals surface area (Å²) in [5.41, 5.74) is -1.55. The van der Waals surface area contributed by atoms with Crippen LogP contribution in [0.15, 0.2) is 21.9 Å². The number of anilines is 2. The van der Waals surface area contributed by atoms with E-state index in [4.69, 9.17) is 4.74 Å². The Kier molecular flexibility index (Phi) is 4.87. The normalized spacial score (nSPS) is 10.9. The molecular formula is C16H19N3O5. The summed E-state index contributed by atoms with van der Waals surface area (Å²) in [6, 6.07) is 1.32. The third-order valence-corrected chi connectivity index (χ3v) is 3.64. The molecule has 24 heavy (non-hydrogen) atoms. The number of carbonyl (C=O) groups is 1. The zero-order valence-corrected chi connectivity index (χ0v) is 13.9. The Labute approximate surface area is 138 Å². The average Bonchev–Trinajstić information content (AvgIpc) is 2.57. The quantitative estimate of drug-likeness (QED) is 0.759. The standard InChI is InChI=1S/C16H19N3O5/c1-5-24-15-10(13(21)14(15)22)18-9-6-7-17-11(12(9)20)16(23)19(4)8(2)3/h6-8,20H,5H2,1-4H3,(H,17,18). The van der Waals surface area contributed by atoms with E-state index >= 15 is 0 Å². The van der Waals surface area contributed by atoms with Crippen molar-refractivity contribution in [1.29, 1.82) is 0 Å². The lowest BCUT2D eigenvalue weighted by Gasteiger charge is -2.22. The molecule has 8 heteroatoms. The van der Waals surface area contributed by atoms with Crippen LogP contribution in [0.1, 0.15) is 31.3 Å². The van der Waals surface area contributed by atoms with Gasteiger partial charge in [-0.1, -0.05) is 0 Å². The Balaban J connectivity index is 2.36. The van der Waals surface area contributed by atoms with Crippen LogP contribution in [0.3, 0.4) is 0 Å². The summed E-state index contributed by atoms with van der Waals surface area (Å²) in [6.07, 6.45) is 1.33. The van der Waals surface area contributed by atoms with Crippen molar-refractivity contribution in [2.75, 3.05) is 19.0 Å². The molecule has 0 radical (unpaired) electrons. The van der Waals surface area contributed by atoms with Crippen LogP contribution >= 0.6 is 0 Å². The van der Waals surface area contributed by atoms with Crippen LogP contribution in [0.4, 0.5) is 11.4 Å². The Morgan fingerprint density at radius 1 is 1.38 bits per heavy atom. The first-order valence-corrected chi connectivity index (χ1v) is 7.47. The van der Waals surface area contributed by atoms with Gasteiger partial charge >= 0.3 is 0 Å². The maximum atomic E-state index is 12.3. The highest BCUT2D eigenvalue weighted by atomic mass is 16.5. The average molecular weight is 333 g/mol. The summed E-state index contributed by atoms with van der Waals surface area (Å²) in [7, 11) is 1.60. The molecule has 0 aliphatic rings. The Bertz CT molecular complexity index is 837. The molecule has 2 rings (SSSR count). The first-order chi connectivity index (χ1) is 11.3. The lowest BCUT2D eigenvalue weighted by molar-refractivity contribution is 0.0746. The summed E-state index contributed by atoms with van der Waals surface area (Å²) < 4.78 is 5.11. The molecule has 0 saturated carbocycles. The van der Waals surface area contributed by atoms with Gasteiger partial charge in [-0.15, -0.1) is 0 Å². The Morgan fingerprint density at radius 3 is 2.62 bits per heavy atom. The van der Waals surface area contributed by atoms with E-state index < -0.39 is 22.5 Å². The molecule has 1 aromatic carbocycles. The van der Waals surface area contributed by atoms with Crippen molar-refractivity contribution in [3.8, 4) is 11.5 Å². The Hall–Kier alpha value is -2.90. The number of pyridine rings is 1. The molecule has 0 unspecified atom stereocenters. The number of aromatic hydroxyl groups is 1. The highest BCUT2D eigenvalue weighted by Gasteiger charge is 2.26. The molecule has 2 N–H and O–H groups in total. The third kappa shape index (κ3) is 2.94. The summed E-state index contributed by atoms with van der Waals surface area (Å²) in [4.78, 5) is 40.8. The van der Waals surface area contributed by atoms with Crippen LogP contribution < -0.4 is 20.9 Å².